The molecule has 1 aliphatic heterocycles. The molecule has 114 valence electrons. The third-order valence-electron chi connectivity index (χ3n) is 4.11. The van der Waals surface area contributed by atoms with E-state index in [4.69, 9.17) is 11.6 Å². The number of sulfonamides is 1. The Morgan fingerprint density at radius 1 is 1.24 bits per heavy atom. The molecule has 21 heavy (non-hydrogen) atoms. The highest BCUT2D eigenvalue weighted by Crippen LogP contribution is 2.35. The number of carbonyl (C=O) groups is 1. The number of para-hydroxylation sites is 1. The summed E-state index contributed by atoms with van der Waals surface area (Å²) >= 11 is 6.12. The van der Waals surface area contributed by atoms with Gasteiger partial charge in [-0.1, -0.05) is 23.7 Å². The fourth-order valence-electron chi connectivity index (χ4n) is 2.69. The van der Waals surface area contributed by atoms with Crippen LogP contribution in [0, 0.1) is 0 Å². The van der Waals surface area contributed by atoms with Crippen LogP contribution in [-0.4, -0.2) is 43.5 Å². The molecule has 2 aliphatic rings. The molecule has 3 rings (SSSR count). The molecule has 1 heterocycles. The lowest BCUT2D eigenvalue weighted by atomic mass is 10.2. The molecule has 1 aliphatic carbocycles. The lowest BCUT2D eigenvalue weighted by molar-refractivity contribution is -0.120. The highest BCUT2D eigenvalue weighted by atomic mass is 35.5. The zero-order valence-electron chi connectivity index (χ0n) is 11.7. The van der Waals surface area contributed by atoms with Gasteiger partial charge in [0, 0.05) is 13.6 Å². The molecular weight excluding hydrogens is 312 g/mol. The first-order valence-corrected chi connectivity index (χ1v) is 8.84. The van der Waals surface area contributed by atoms with E-state index in [0.29, 0.717) is 36.5 Å². The molecule has 1 aromatic carbocycles. The Balaban J connectivity index is 1.82. The van der Waals surface area contributed by atoms with Gasteiger partial charge in [0.1, 0.15) is 6.04 Å². The van der Waals surface area contributed by atoms with E-state index in [1.165, 1.54) is 11.4 Å². The van der Waals surface area contributed by atoms with E-state index in [-0.39, 0.29) is 11.2 Å². The molecule has 1 atom stereocenters. The Bertz CT molecular complexity index is 673. The van der Waals surface area contributed by atoms with Crippen LogP contribution < -0.4 is 4.90 Å². The molecule has 0 aromatic heterocycles. The Labute approximate surface area is 129 Å². The monoisotopic (exact) mass is 328 g/mol. The molecule has 0 spiro atoms. The van der Waals surface area contributed by atoms with E-state index in [1.54, 1.807) is 23.1 Å². The fraction of sp³-hybridized carbons (Fsp3) is 0.500. The minimum atomic E-state index is -3.35. The van der Waals surface area contributed by atoms with E-state index in [0.717, 1.165) is 0 Å². The zero-order chi connectivity index (χ0) is 15.2. The molecule has 1 unspecified atom stereocenters. The summed E-state index contributed by atoms with van der Waals surface area (Å²) in [4.78, 5) is 14.1. The molecular formula is C14H17ClN2O3S. The van der Waals surface area contributed by atoms with Gasteiger partial charge in [0.25, 0.3) is 0 Å². The maximum absolute atomic E-state index is 12.6. The second kappa shape index (κ2) is 5.26. The summed E-state index contributed by atoms with van der Waals surface area (Å²) < 4.78 is 25.8. The zero-order valence-corrected chi connectivity index (χ0v) is 13.3. The summed E-state index contributed by atoms with van der Waals surface area (Å²) in [5.74, 6) is -0.199. The van der Waals surface area contributed by atoms with Crippen LogP contribution in [0.4, 0.5) is 5.69 Å². The van der Waals surface area contributed by atoms with Crippen molar-refractivity contribution < 1.29 is 13.2 Å². The van der Waals surface area contributed by atoms with Crippen LogP contribution >= 0.6 is 11.6 Å². The van der Waals surface area contributed by atoms with Gasteiger partial charge < -0.3 is 4.90 Å². The predicted octanol–water partition coefficient (Wildman–Crippen LogP) is 1.87. The molecule has 0 N–H and O–H groups in total. The second-order valence-electron chi connectivity index (χ2n) is 5.51. The van der Waals surface area contributed by atoms with Gasteiger partial charge in [0.2, 0.25) is 15.9 Å². The van der Waals surface area contributed by atoms with E-state index in [2.05, 4.69) is 0 Å². The van der Waals surface area contributed by atoms with Gasteiger partial charge in [-0.2, -0.15) is 4.31 Å². The Kier molecular flexibility index (Phi) is 3.71. The van der Waals surface area contributed by atoms with Crippen LogP contribution in [0.2, 0.25) is 5.02 Å². The average Bonchev–Trinajstić information content (AvgIpc) is 3.24. The van der Waals surface area contributed by atoms with E-state index in [9.17, 15) is 13.2 Å². The Morgan fingerprint density at radius 3 is 2.52 bits per heavy atom. The molecule has 0 bridgehead atoms. The maximum Gasteiger partial charge on any atom is 0.245 e. The SMILES string of the molecule is CN(C1CCN(c2ccccc2Cl)C1=O)S(=O)(=O)C1CC1. The number of anilines is 1. The molecule has 0 radical (unpaired) electrons. The van der Waals surface area contributed by atoms with Gasteiger partial charge in [0.15, 0.2) is 0 Å². The van der Waals surface area contributed by atoms with Crippen molar-refractivity contribution in [3.63, 3.8) is 0 Å². The number of hydrogen-bond donors (Lipinski definition) is 0. The summed E-state index contributed by atoms with van der Waals surface area (Å²) in [5.41, 5.74) is 0.642. The van der Waals surface area contributed by atoms with Crippen molar-refractivity contribution in [2.45, 2.75) is 30.6 Å². The summed E-state index contributed by atoms with van der Waals surface area (Å²) in [5, 5.41) is 0.198. The van der Waals surface area contributed by atoms with Crippen LogP contribution in [-0.2, 0) is 14.8 Å². The largest absolute Gasteiger partial charge is 0.309 e. The minimum absolute atomic E-state index is 0.199. The number of rotatable bonds is 4. The van der Waals surface area contributed by atoms with Gasteiger partial charge in [0.05, 0.1) is 16.0 Å². The van der Waals surface area contributed by atoms with Crippen LogP contribution in [0.3, 0.4) is 0 Å². The van der Waals surface area contributed by atoms with Gasteiger partial charge >= 0.3 is 0 Å². The normalized spacial score (nSPS) is 23.1. The van der Waals surface area contributed by atoms with Crippen molar-refractivity contribution in [2.75, 3.05) is 18.5 Å². The number of halogens is 1. The van der Waals surface area contributed by atoms with E-state index in [1.807, 2.05) is 6.07 Å². The first-order valence-electron chi connectivity index (χ1n) is 6.95. The Morgan fingerprint density at radius 2 is 1.90 bits per heavy atom. The third kappa shape index (κ3) is 2.56. The van der Waals surface area contributed by atoms with Crippen LogP contribution in [0.1, 0.15) is 19.3 Å². The average molecular weight is 329 g/mol. The minimum Gasteiger partial charge on any atom is -0.309 e. The first-order chi connectivity index (χ1) is 9.93. The van der Waals surface area contributed by atoms with Gasteiger partial charge in [-0.3, -0.25) is 4.79 Å². The molecule has 2 fully saturated rings. The quantitative estimate of drug-likeness (QED) is 0.847. The van der Waals surface area contributed by atoms with Crippen LogP contribution in [0.5, 0.6) is 0 Å². The molecule has 7 heteroatoms. The van der Waals surface area contributed by atoms with Gasteiger partial charge in [-0.15, -0.1) is 0 Å². The molecule has 1 amide bonds. The van der Waals surface area contributed by atoms with Gasteiger partial charge in [-0.25, -0.2) is 8.42 Å². The lowest BCUT2D eigenvalue weighted by Crippen LogP contribution is -2.44. The van der Waals surface area contributed by atoms with Gasteiger partial charge in [-0.05, 0) is 31.4 Å². The first kappa shape index (κ1) is 14.8. The van der Waals surface area contributed by atoms with E-state index >= 15 is 0 Å². The summed E-state index contributed by atoms with van der Waals surface area (Å²) in [6, 6.07) is 6.49. The van der Waals surface area contributed by atoms with Crippen LogP contribution in [0.25, 0.3) is 0 Å². The summed E-state index contributed by atoms with van der Waals surface area (Å²) in [6.07, 6.45) is 1.89. The smallest absolute Gasteiger partial charge is 0.245 e. The molecule has 1 saturated carbocycles. The van der Waals surface area contributed by atoms with Crippen molar-refractivity contribution in [3.8, 4) is 0 Å². The standard InChI is InChI=1S/C14H17ClN2O3S/c1-16(21(19,20)10-6-7-10)13-8-9-17(14(13)18)12-5-3-2-4-11(12)15/h2-5,10,13H,6-9H2,1H3. The number of nitrogens with zero attached hydrogens (tertiary/aromatic N) is 2. The van der Waals surface area contributed by atoms with Crippen molar-refractivity contribution in [3.05, 3.63) is 29.3 Å². The second-order valence-corrected chi connectivity index (χ2v) is 8.19. The number of benzene rings is 1. The predicted molar refractivity (Wildman–Crippen MR) is 81.9 cm³/mol. The lowest BCUT2D eigenvalue weighted by Gasteiger charge is -2.23. The van der Waals surface area contributed by atoms with Crippen molar-refractivity contribution in [2.24, 2.45) is 0 Å². The molecule has 5 nitrogen and oxygen atoms in total. The van der Waals surface area contributed by atoms with Crippen molar-refractivity contribution in [1.82, 2.24) is 4.31 Å². The number of carbonyl (C=O) groups excluding carboxylic acids is 1. The highest BCUT2D eigenvalue weighted by molar-refractivity contribution is 7.90. The Hall–Kier alpha value is -1.11. The topological polar surface area (TPSA) is 57.7 Å². The maximum atomic E-state index is 12.6. The highest BCUT2D eigenvalue weighted by Gasteiger charge is 2.46. The molecule has 1 saturated heterocycles. The third-order valence-corrected chi connectivity index (χ3v) is 6.80. The summed E-state index contributed by atoms with van der Waals surface area (Å²) in [7, 11) is -1.84. The van der Waals surface area contributed by atoms with Crippen LogP contribution in [0.15, 0.2) is 24.3 Å². The van der Waals surface area contributed by atoms with Crippen molar-refractivity contribution >= 4 is 33.2 Å². The number of amides is 1. The molecule has 1 aromatic rings. The van der Waals surface area contributed by atoms with Crippen molar-refractivity contribution in [1.29, 1.82) is 0 Å². The summed E-state index contributed by atoms with van der Waals surface area (Å²) in [6.45, 7) is 0.484. The fourth-order valence-corrected chi connectivity index (χ4v) is 4.68. The number of hydrogen-bond acceptors (Lipinski definition) is 3. The number of likely N-dealkylation sites (N-methyl/N-ethyl adjacent to an activating group) is 1. The van der Waals surface area contributed by atoms with E-state index < -0.39 is 16.1 Å².